The second-order valence-corrected chi connectivity index (χ2v) is 3.97. The van der Waals surface area contributed by atoms with E-state index in [1.54, 1.807) is 0 Å². The van der Waals surface area contributed by atoms with Crippen molar-refractivity contribution < 1.29 is 24.5 Å². The third-order valence-corrected chi connectivity index (χ3v) is 2.64. The molecule has 1 rings (SSSR count). The van der Waals surface area contributed by atoms with Crippen LogP contribution in [0.5, 0.6) is 0 Å². The van der Waals surface area contributed by atoms with Gasteiger partial charge in [0, 0.05) is 19.6 Å². The Morgan fingerprint density at radius 2 is 2.29 bits per heavy atom. The molecule has 1 saturated heterocycles. The number of ether oxygens (including phenoxy) is 1. The summed E-state index contributed by atoms with van der Waals surface area (Å²) in [6, 6.07) is -1.56. The number of urea groups is 1. The molecule has 98 valence electrons. The summed E-state index contributed by atoms with van der Waals surface area (Å²) in [6.07, 6.45) is -0.000204. The van der Waals surface area contributed by atoms with E-state index in [4.69, 9.17) is 14.9 Å². The Kier molecular flexibility index (Phi) is 5.17. The number of morpholine rings is 1. The van der Waals surface area contributed by atoms with Crippen molar-refractivity contribution in [2.24, 2.45) is 0 Å². The first-order valence-electron chi connectivity index (χ1n) is 5.54. The predicted molar refractivity (Wildman–Crippen MR) is 58.6 cm³/mol. The number of carbonyl (C=O) groups is 2. The van der Waals surface area contributed by atoms with Crippen molar-refractivity contribution in [2.75, 3.05) is 26.4 Å². The van der Waals surface area contributed by atoms with E-state index in [0.717, 1.165) is 0 Å². The number of carboxylic acid groups (broad SMARTS) is 1. The second kappa shape index (κ2) is 6.41. The molecular formula is C10H18N2O5. The number of carboxylic acids is 1. The summed E-state index contributed by atoms with van der Waals surface area (Å²) in [7, 11) is 0. The molecule has 3 N–H and O–H groups in total. The summed E-state index contributed by atoms with van der Waals surface area (Å²) in [6.45, 7) is 2.90. The number of aliphatic hydroxyl groups is 1. The highest BCUT2D eigenvalue weighted by Crippen LogP contribution is 2.06. The van der Waals surface area contributed by atoms with Crippen LogP contribution in [0.2, 0.25) is 0 Å². The van der Waals surface area contributed by atoms with Crippen LogP contribution in [-0.4, -0.2) is 65.6 Å². The van der Waals surface area contributed by atoms with Crippen molar-refractivity contribution in [2.45, 2.75) is 25.4 Å². The monoisotopic (exact) mass is 246 g/mol. The number of amides is 2. The van der Waals surface area contributed by atoms with Gasteiger partial charge in [0.05, 0.1) is 19.3 Å². The zero-order chi connectivity index (χ0) is 12.8. The average Bonchev–Trinajstić information content (AvgIpc) is 2.28. The molecular weight excluding hydrogens is 228 g/mol. The van der Waals surface area contributed by atoms with Crippen LogP contribution in [0.1, 0.15) is 13.3 Å². The normalized spacial score (nSPS) is 22.0. The number of nitrogens with one attached hydrogen (secondary N) is 1. The lowest BCUT2D eigenvalue weighted by Gasteiger charge is -2.34. The lowest BCUT2D eigenvalue weighted by Crippen LogP contribution is -2.54. The van der Waals surface area contributed by atoms with E-state index in [1.165, 1.54) is 4.90 Å². The Morgan fingerprint density at radius 3 is 2.82 bits per heavy atom. The van der Waals surface area contributed by atoms with Crippen molar-refractivity contribution in [1.82, 2.24) is 10.2 Å². The largest absolute Gasteiger partial charge is 0.480 e. The quantitative estimate of drug-likeness (QED) is 0.606. The van der Waals surface area contributed by atoms with Crippen molar-refractivity contribution in [3.63, 3.8) is 0 Å². The maximum Gasteiger partial charge on any atom is 0.326 e. The van der Waals surface area contributed by atoms with Crippen LogP contribution in [-0.2, 0) is 9.53 Å². The van der Waals surface area contributed by atoms with E-state index >= 15 is 0 Å². The summed E-state index contributed by atoms with van der Waals surface area (Å²) < 4.78 is 5.18. The molecule has 1 fully saturated rings. The molecule has 1 heterocycles. The maximum atomic E-state index is 11.8. The van der Waals surface area contributed by atoms with E-state index < -0.39 is 18.0 Å². The van der Waals surface area contributed by atoms with Crippen molar-refractivity contribution in [3.8, 4) is 0 Å². The standard InChI is InChI=1S/C10H18N2O5/c1-7-6-17-5-3-12(7)10(16)11-8(2-4-13)9(14)15/h7-8,13H,2-6H2,1H3,(H,11,16)(H,14,15). The number of aliphatic carboxylic acids is 1. The maximum absolute atomic E-state index is 11.8. The van der Waals surface area contributed by atoms with Gasteiger partial charge in [-0.15, -0.1) is 0 Å². The Bertz CT molecular complexity index is 284. The van der Waals surface area contributed by atoms with E-state index in [0.29, 0.717) is 19.8 Å². The molecule has 2 unspecified atom stereocenters. The summed E-state index contributed by atoms with van der Waals surface area (Å²) in [5.74, 6) is -1.15. The Labute approximate surface area is 99.4 Å². The van der Waals surface area contributed by atoms with Gasteiger partial charge < -0.3 is 25.2 Å². The van der Waals surface area contributed by atoms with Crippen molar-refractivity contribution in [1.29, 1.82) is 0 Å². The van der Waals surface area contributed by atoms with Gasteiger partial charge in [-0.2, -0.15) is 0 Å². The van der Waals surface area contributed by atoms with Crippen LogP contribution >= 0.6 is 0 Å². The minimum Gasteiger partial charge on any atom is -0.480 e. The highest BCUT2D eigenvalue weighted by molar-refractivity contribution is 5.82. The Hall–Kier alpha value is -1.34. The van der Waals surface area contributed by atoms with Crippen LogP contribution in [0.3, 0.4) is 0 Å². The van der Waals surface area contributed by atoms with Gasteiger partial charge in [0.2, 0.25) is 0 Å². The molecule has 2 amide bonds. The molecule has 7 heteroatoms. The SMILES string of the molecule is CC1COCCN1C(=O)NC(CCO)C(=O)O. The van der Waals surface area contributed by atoms with Crippen LogP contribution in [0.25, 0.3) is 0 Å². The van der Waals surface area contributed by atoms with Crippen LogP contribution in [0.4, 0.5) is 4.79 Å². The lowest BCUT2D eigenvalue weighted by atomic mass is 10.2. The number of hydrogen-bond donors (Lipinski definition) is 3. The molecule has 0 aromatic heterocycles. The number of aliphatic hydroxyl groups excluding tert-OH is 1. The smallest absolute Gasteiger partial charge is 0.326 e. The molecule has 7 nitrogen and oxygen atoms in total. The minimum atomic E-state index is -1.15. The van der Waals surface area contributed by atoms with Gasteiger partial charge in [0.15, 0.2) is 0 Å². The van der Waals surface area contributed by atoms with Crippen molar-refractivity contribution in [3.05, 3.63) is 0 Å². The van der Waals surface area contributed by atoms with Gasteiger partial charge in [0.1, 0.15) is 6.04 Å². The van der Waals surface area contributed by atoms with Gasteiger partial charge in [-0.05, 0) is 6.92 Å². The molecule has 0 saturated carbocycles. The zero-order valence-electron chi connectivity index (χ0n) is 9.76. The zero-order valence-corrected chi connectivity index (χ0v) is 9.76. The number of nitrogens with zero attached hydrogens (tertiary/aromatic N) is 1. The summed E-state index contributed by atoms with van der Waals surface area (Å²) in [5.41, 5.74) is 0. The molecule has 2 atom stereocenters. The summed E-state index contributed by atoms with van der Waals surface area (Å²) >= 11 is 0. The first kappa shape index (κ1) is 13.7. The van der Waals surface area contributed by atoms with E-state index in [2.05, 4.69) is 5.32 Å². The van der Waals surface area contributed by atoms with E-state index in [1.807, 2.05) is 6.92 Å². The summed E-state index contributed by atoms with van der Waals surface area (Å²) in [5, 5.41) is 20.0. The number of hydrogen-bond acceptors (Lipinski definition) is 4. The fourth-order valence-corrected chi connectivity index (χ4v) is 1.65. The second-order valence-electron chi connectivity index (χ2n) is 3.97. The number of rotatable bonds is 4. The van der Waals surface area contributed by atoms with Gasteiger partial charge in [0.25, 0.3) is 0 Å². The number of carbonyl (C=O) groups excluding carboxylic acids is 1. The Balaban J connectivity index is 2.53. The topological polar surface area (TPSA) is 99.1 Å². The first-order chi connectivity index (χ1) is 8.06. The van der Waals surface area contributed by atoms with Crippen LogP contribution in [0, 0.1) is 0 Å². The highest BCUT2D eigenvalue weighted by atomic mass is 16.5. The van der Waals surface area contributed by atoms with Crippen LogP contribution < -0.4 is 5.32 Å². The predicted octanol–water partition coefficient (Wildman–Crippen LogP) is -0.748. The molecule has 1 aliphatic heterocycles. The van der Waals surface area contributed by atoms with E-state index in [-0.39, 0.29) is 19.1 Å². The van der Waals surface area contributed by atoms with Gasteiger partial charge in [-0.1, -0.05) is 0 Å². The van der Waals surface area contributed by atoms with Gasteiger partial charge in [-0.3, -0.25) is 0 Å². The van der Waals surface area contributed by atoms with Crippen molar-refractivity contribution >= 4 is 12.0 Å². The van der Waals surface area contributed by atoms with E-state index in [9.17, 15) is 9.59 Å². The summed E-state index contributed by atoms with van der Waals surface area (Å²) in [4.78, 5) is 24.2. The molecule has 0 radical (unpaired) electrons. The third-order valence-electron chi connectivity index (χ3n) is 2.64. The molecule has 0 aromatic carbocycles. The fraction of sp³-hybridized carbons (Fsp3) is 0.800. The average molecular weight is 246 g/mol. The van der Waals surface area contributed by atoms with Gasteiger partial charge >= 0.3 is 12.0 Å². The van der Waals surface area contributed by atoms with Gasteiger partial charge in [-0.25, -0.2) is 9.59 Å². The molecule has 17 heavy (non-hydrogen) atoms. The third kappa shape index (κ3) is 3.86. The molecule has 0 spiro atoms. The molecule has 0 bridgehead atoms. The fourth-order valence-electron chi connectivity index (χ4n) is 1.65. The Morgan fingerprint density at radius 1 is 1.59 bits per heavy atom. The molecule has 0 aliphatic carbocycles. The molecule has 0 aromatic rings. The highest BCUT2D eigenvalue weighted by Gasteiger charge is 2.27. The lowest BCUT2D eigenvalue weighted by molar-refractivity contribution is -0.139. The molecule has 1 aliphatic rings. The first-order valence-corrected chi connectivity index (χ1v) is 5.54. The van der Waals surface area contributed by atoms with Crippen LogP contribution in [0.15, 0.2) is 0 Å². The minimum absolute atomic E-state index is 0.000204.